The lowest BCUT2D eigenvalue weighted by molar-refractivity contribution is 0.554. The number of benzene rings is 1. The molecule has 0 aromatic heterocycles. The summed E-state index contributed by atoms with van der Waals surface area (Å²) in [6, 6.07) is 5.60. The molecule has 0 spiro atoms. The number of hydrogen-bond acceptors (Lipinski definition) is 1. The molecule has 3 heteroatoms. The van der Waals surface area contributed by atoms with Crippen LogP contribution in [0.2, 0.25) is 5.02 Å². The first kappa shape index (κ1) is 11.9. The molecule has 2 rings (SSSR count). The fraction of sp³-hybridized carbons (Fsp3) is 0.538. The summed E-state index contributed by atoms with van der Waals surface area (Å²) >= 11 is 5.77. The SMILES string of the molecule is CC(C)NCC1CC1c1ccc(F)c(Cl)c1. The summed E-state index contributed by atoms with van der Waals surface area (Å²) in [5, 5.41) is 3.66. The maximum absolute atomic E-state index is 13.0. The van der Waals surface area contributed by atoms with E-state index in [1.807, 2.05) is 6.07 Å². The van der Waals surface area contributed by atoms with Crippen molar-refractivity contribution in [3.05, 3.63) is 34.6 Å². The molecule has 1 fully saturated rings. The molecule has 0 radical (unpaired) electrons. The Morgan fingerprint density at radius 3 is 2.88 bits per heavy atom. The van der Waals surface area contributed by atoms with E-state index in [9.17, 15) is 4.39 Å². The van der Waals surface area contributed by atoms with Gasteiger partial charge in [-0.15, -0.1) is 0 Å². The summed E-state index contributed by atoms with van der Waals surface area (Å²) in [6.07, 6.45) is 1.18. The van der Waals surface area contributed by atoms with E-state index in [1.165, 1.54) is 18.1 Å². The molecule has 88 valence electrons. The van der Waals surface area contributed by atoms with Gasteiger partial charge in [-0.3, -0.25) is 0 Å². The summed E-state index contributed by atoms with van der Waals surface area (Å²) < 4.78 is 13.0. The van der Waals surface area contributed by atoms with E-state index in [0.717, 1.165) is 6.54 Å². The van der Waals surface area contributed by atoms with Crippen LogP contribution in [0.25, 0.3) is 0 Å². The van der Waals surface area contributed by atoms with Crippen molar-refractivity contribution >= 4 is 11.6 Å². The van der Waals surface area contributed by atoms with Crippen LogP contribution in [0, 0.1) is 11.7 Å². The van der Waals surface area contributed by atoms with Crippen molar-refractivity contribution in [1.82, 2.24) is 5.32 Å². The van der Waals surface area contributed by atoms with Gasteiger partial charge in [-0.2, -0.15) is 0 Å². The van der Waals surface area contributed by atoms with Crippen molar-refractivity contribution in [2.45, 2.75) is 32.2 Å². The van der Waals surface area contributed by atoms with E-state index in [2.05, 4.69) is 19.2 Å². The predicted octanol–water partition coefficient (Wildman–Crippen LogP) is 3.58. The van der Waals surface area contributed by atoms with Crippen LogP contribution < -0.4 is 5.32 Å². The second-order valence-electron chi connectivity index (χ2n) is 4.84. The third-order valence-electron chi connectivity index (χ3n) is 3.08. The first-order valence-corrected chi connectivity index (χ1v) is 6.14. The summed E-state index contributed by atoms with van der Waals surface area (Å²) in [4.78, 5) is 0. The van der Waals surface area contributed by atoms with Gasteiger partial charge >= 0.3 is 0 Å². The van der Waals surface area contributed by atoms with E-state index in [4.69, 9.17) is 11.6 Å². The van der Waals surface area contributed by atoms with Gasteiger partial charge in [0.2, 0.25) is 0 Å². The lowest BCUT2D eigenvalue weighted by Gasteiger charge is -2.07. The Bertz CT molecular complexity index is 378. The second-order valence-corrected chi connectivity index (χ2v) is 5.25. The van der Waals surface area contributed by atoms with Crippen LogP contribution in [0.5, 0.6) is 0 Å². The monoisotopic (exact) mass is 241 g/mol. The third kappa shape index (κ3) is 2.74. The highest BCUT2D eigenvalue weighted by atomic mass is 35.5. The van der Waals surface area contributed by atoms with Gasteiger partial charge in [0, 0.05) is 6.04 Å². The molecule has 2 unspecified atom stereocenters. The fourth-order valence-corrected chi connectivity index (χ4v) is 2.20. The lowest BCUT2D eigenvalue weighted by atomic mass is 10.1. The molecule has 16 heavy (non-hydrogen) atoms. The molecule has 1 nitrogen and oxygen atoms in total. The molecule has 0 heterocycles. The molecular weight excluding hydrogens is 225 g/mol. The van der Waals surface area contributed by atoms with Crippen LogP contribution in [-0.2, 0) is 0 Å². The highest BCUT2D eigenvalue weighted by Gasteiger charge is 2.37. The van der Waals surface area contributed by atoms with Gasteiger partial charge in [-0.05, 0) is 42.5 Å². The first-order chi connectivity index (χ1) is 7.58. The Morgan fingerprint density at radius 2 is 2.25 bits per heavy atom. The van der Waals surface area contributed by atoms with Crippen LogP contribution in [0.3, 0.4) is 0 Å². The van der Waals surface area contributed by atoms with Crippen LogP contribution in [0.1, 0.15) is 31.7 Å². The van der Waals surface area contributed by atoms with E-state index < -0.39 is 0 Å². The third-order valence-corrected chi connectivity index (χ3v) is 3.37. The average Bonchev–Trinajstić information content (AvgIpc) is 2.98. The van der Waals surface area contributed by atoms with Crippen LogP contribution in [-0.4, -0.2) is 12.6 Å². The van der Waals surface area contributed by atoms with Gasteiger partial charge in [-0.25, -0.2) is 4.39 Å². The molecule has 0 amide bonds. The Kier molecular flexibility index (Phi) is 3.50. The summed E-state index contributed by atoms with van der Waals surface area (Å²) in [6.45, 7) is 5.33. The van der Waals surface area contributed by atoms with E-state index in [0.29, 0.717) is 17.9 Å². The zero-order valence-corrected chi connectivity index (χ0v) is 10.4. The van der Waals surface area contributed by atoms with Gasteiger partial charge in [0.1, 0.15) is 5.82 Å². The van der Waals surface area contributed by atoms with Crippen LogP contribution >= 0.6 is 11.6 Å². The number of nitrogens with one attached hydrogen (secondary N) is 1. The Balaban J connectivity index is 1.93. The number of rotatable bonds is 4. The second kappa shape index (κ2) is 4.72. The van der Waals surface area contributed by atoms with Crippen molar-refractivity contribution in [3.63, 3.8) is 0 Å². The minimum Gasteiger partial charge on any atom is -0.314 e. The number of hydrogen-bond donors (Lipinski definition) is 1. The normalized spacial score (nSPS) is 23.8. The predicted molar refractivity (Wildman–Crippen MR) is 65.4 cm³/mol. The largest absolute Gasteiger partial charge is 0.314 e. The Labute approximate surface area is 101 Å². The molecule has 0 bridgehead atoms. The standard InChI is InChI=1S/C13H17ClFN/c1-8(2)16-7-10-5-11(10)9-3-4-13(15)12(14)6-9/h3-4,6,8,10-11,16H,5,7H2,1-2H3. The average molecular weight is 242 g/mol. The minimum absolute atomic E-state index is 0.236. The molecule has 1 aliphatic rings. The summed E-state index contributed by atoms with van der Waals surface area (Å²) in [5.74, 6) is 0.913. The Hall–Kier alpha value is -0.600. The van der Waals surface area contributed by atoms with Crippen molar-refractivity contribution in [2.24, 2.45) is 5.92 Å². The maximum atomic E-state index is 13.0. The summed E-state index contributed by atoms with van der Waals surface area (Å²) in [5.41, 5.74) is 1.17. The van der Waals surface area contributed by atoms with Crippen LogP contribution in [0.15, 0.2) is 18.2 Å². The summed E-state index contributed by atoms with van der Waals surface area (Å²) in [7, 11) is 0. The molecule has 0 saturated heterocycles. The zero-order chi connectivity index (χ0) is 11.7. The van der Waals surface area contributed by atoms with Gasteiger partial charge in [-0.1, -0.05) is 31.5 Å². The van der Waals surface area contributed by atoms with Gasteiger partial charge in [0.25, 0.3) is 0 Å². The molecule has 1 aromatic rings. The Morgan fingerprint density at radius 1 is 1.50 bits per heavy atom. The van der Waals surface area contributed by atoms with Crippen molar-refractivity contribution in [1.29, 1.82) is 0 Å². The van der Waals surface area contributed by atoms with Crippen LogP contribution in [0.4, 0.5) is 4.39 Å². The smallest absolute Gasteiger partial charge is 0.141 e. The van der Waals surface area contributed by atoms with Crippen molar-refractivity contribution < 1.29 is 4.39 Å². The molecule has 1 aromatic carbocycles. The van der Waals surface area contributed by atoms with E-state index >= 15 is 0 Å². The zero-order valence-electron chi connectivity index (χ0n) is 9.63. The first-order valence-electron chi connectivity index (χ1n) is 5.76. The molecule has 1 saturated carbocycles. The van der Waals surface area contributed by atoms with Crippen molar-refractivity contribution in [2.75, 3.05) is 6.54 Å². The highest BCUT2D eigenvalue weighted by Crippen LogP contribution is 2.47. The molecule has 1 N–H and O–H groups in total. The van der Waals surface area contributed by atoms with E-state index in [-0.39, 0.29) is 10.8 Å². The molecular formula is C13H17ClFN. The van der Waals surface area contributed by atoms with Crippen molar-refractivity contribution in [3.8, 4) is 0 Å². The maximum Gasteiger partial charge on any atom is 0.141 e. The fourth-order valence-electron chi connectivity index (χ4n) is 2.01. The quantitative estimate of drug-likeness (QED) is 0.850. The number of halogens is 2. The lowest BCUT2D eigenvalue weighted by Crippen LogP contribution is -2.25. The van der Waals surface area contributed by atoms with Gasteiger partial charge in [0.05, 0.1) is 5.02 Å². The molecule has 2 atom stereocenters. The molecule has 0 aliphatic heterocycles. The topological polar surface area (TPSA) is 12.0 Å². The van der Waals surface area contributed by atoms with E-state index in [1.54, 1.807) is 6.07 Å². The van der Waals surface area contributed by atoms with Gasteiger partial charge in [0.15, 0.2) is 0 Å². The highest BCUT2D eigenvalue weighted by molar-refractivity contribution is 6.30. The van der Waals surface area contributed by atoms with Gasteiger partial charge < -0.3 is 5.32 Å². The molecule has 1 aliphatic carbocycles. The minimum atomic E-state index is -0.331.